The number of anilines is 1. The van der Waals surface area contributed by atoms with E-state index in [0.717, 1.165) is 4.90 Å². The number of halogens is 1. The number of nitrogens with zero attached hydrogens (tertiary/aromatic N) is 1. The highest BCUT2D eigenvalue weighted by Gasteiger charge is 2.16. The molecule has 0 aliphatic heterocycles. The Morgan fingerprint density at radius 3 is 2.23 bits per heavy atom. The molecule has 0 atom stereocenters. The Bertz CT molecular complexity index is 1570. The van der Waals surface area contributed by atoms with Crippen LogP contribution in [0.1, 0.15) is 26.3 Å². The van der Waals surface area contributed by atoms with E-state index >= 15 is 0 Å². The van der Waals surface area contributed by atoms with Crippen LogP contribution in [0.2, 0.25) is 5.02 Å². The Morgan fingerprint density at radius 1 is 0.850 bits per heavy atom. The number of amides is 2. The minimum Gasteiger partial charge on any atom is -0.321 e. The SMILES string of the molecule is O=C(Nc1cccc(SCC(=O)c2ccc(Cl)cc2)c1)/C(=C/c1ccc([N+](=O)[O-])cc1)NC(=O)c1ccccc1. The molecule has 0 aliphatic rings. The third-order valence-corrected chi connectivity index (χ3v) is 6.82. The van der Waals surface area contributed by atoms with Crippen molar-refractivity contribution < 1.29 is 19.3 Å². The Hall–Kier alpha value is -4.73. The van der Waals surface area contributed by atoms with Gasteiger partial charge in [0.25, 0.3) is 17.5 Å². The molecular formula is C30H22ClN3O5S. The first-order valence-corrected chi connectivity index (χ1v) is 13.3. The fourth-order valence-electron chi connectivity index (χ4n) is 3.53. The molecule has 0 aromatic heterocycles. The van der Waals surface area contributed by atoms with Crippen molar-refractivity contribution in [2.45, 2.75) is 4.90 Å². The molecule has 8 nitrogen and oxygen atoms in total. The topological polar surface area (TPSA) is 118 Å². The molecule has 200 valence electrons. The summed E-state index contributed by atoms with van der Waals surface area (Å²) >= 11 is 7.21. The minimum atomic E-state index is -0.595. The number of hydrogen-bond acceptors (Lipinski definition) is 6. The number of carbonyl (C=O) groups excluding carboxylic acids is 3. The third kappa shape index (κ3) is 7.89. The second-order valence-electron chi connectivity index (χ2n) is 8.43. The lowest BCUT2D eigenvalue weighted by atomic mass is 10.1. The number of thioether (sulfide) groups is 1. The molecule has 0 aliphatic carbocycles. The molecule has 0 bridgehead atoms. The molecule has 4 aromatic carbocycles. The summed E-state index contributed by atoms with van der Waals surface area (Å²) in [6.07, 6.45) is 1.43. The smallest absolute Gasteiger partial charge is 0.272 e. The molecule has 2 N–H and O–H groups in total. The van der Waals surface area contributed by atoms with Crippen LogP contribution in [-0.2, 0) is 4.79 Å². The first kappa shape index (κ1) is 28.3. The van der Waals surface area contributed by atoms with Crippen LogP contribution in [0.5, 0.6) is 0 Å². The van der Waals surface area contributed by atoms with Gasteiger partial charge < -0.3 is 10.6 Å². The maximum absolute atomic E-state index is 13.3. The maximum Gasteiger partial charge on any atom is 0.272 e. The molecule has 0 saturated heterocycles. The summed E-state index contributed by atoms with van der Waals surface area (Å²) in [5.41, 5.74) is 1.69. The van der Waals surface area contributed by atoms with Crippen molar-refractivity contribution in [3.8, 4) is 0 Å². The normalized spacial score (nSPS) is 11.0. The van der Waals surface area contributed by atoms with E-state index in [1.54, 1.807) is 72.8 Å². The molecule has 0 saturated carbocycles. The summed E-state index contributed by atoms with van der Waals surface area (Å²) in [6.45, 7) is 0. The van der Waals surface area contributed by atoms with Crippen LogP contribution < -0.4 is 10.6 Å². The van der Waals surface area contributed by atoms with E-state index in [1.165, 1.54) is 42.1 Å². The van der Waals surface area contributed by atoms with Gasteiger partial charge in [-0.05, 0) is 78.4 Å². The van der Waals surface area contributed by atoms with Crippen molar-refractivity contribution in [3.63, 3.8) is 0 Å². The van der Waals surface area contributed by atoms with Crippen LogP contribution in [0.25, 0.3) is 6.08 Å². The second kappa shape index (κ2) is 13.4. The summed E-state index contributed by atoms with van der Waals surface area (Å²) in [4.78, 5) is 49.8. The molecule has 4 aromatic rings. The molecule has 0 radical (unpaired) electrons. The fourth-order valence-corrected chi connectivity index (χ4v) is 4.51. The van der Waals surface area contributed by atoms with Gasteiger partial charge in [0.2, 0.25) is 0 Å². The first-order chi connectivity index (χ1) is 19.3. The van der Waals surface area contributed by atoms with Gasteiger partial charge in [0.1, 0.15) is 5.70 Å². The average Bonchev–Trinajstić information content (AvgIpc) is 2.97. The lowest BCUT2D eigenvalue weighted by Crippen LogP contribution is -2.30. The van der Waals surface area contributed by atoms with Gasteiger partial charge in [-0.2, -0.15) is 0 Å². The third-order valence-electron chi connectivity index (χ3n) is 5.57. The number of nitro groups is 1. The van der Waals surface area contributed by atoms with Crippen LogP contribution in [0.4, 0.5) is 11.4 Å². The number of Topliss-reactive ketones (excluding diaryl/α,β-unsaturated/α-hetero) is 1. The van der Waals surface area contributed by atoms with Crippen LogP contribution in [0, 0.1) is 10.1 Å². The Kier molecular flexibility index (Phi) is 9.45. The van der Waals surface area contributed by atoms with Gasteiger partial charge in [-0.15, -0.1) is 11.8 Å². The quantitative estimate of drug-likeness (QED) is 0.0724. The average molecular weight is 572 g/mol. The molecule has 10 heteroatoms. The molecule has 0 spiro atoms. The van der Waals surface area contributed by atoms with Crippen LogP contribution in [-0.4, -0.2) is 28.3 Å². The Morgan fingerprint density at radius 2 is 1.55 bits per heavy atom. The van der Waals surface area contributed by atoms with E-state index in [2.05, 4.69) is 10.6 Å². The zero-order valence-corrected chi connectivity index (χ0v) is 22.4. The number of carbonyl (C=O) groups is 3. The molecule has 0 heterocycles. The highest BCUT2D eigenvalue weighted by Crippen LogP contribution is 2.24. The van der Waals surface area contributed by atoms with Gasteiger partial charge in [0.05, 0.1) is 10.7 Å². The van der Waals surface area contributed by atoms with Crippen LogP contribution >= 0.6 is 23.4 Å². The van der Waals surface area contributed by atoms with E-state index in [-0.39, 0.29) is 22.9 Å². The molecule has 0 unspecified atom stereocenters. The monoisotopic (exact) mass is 571 g/mol. The van der Waals surface area contributed by atoms with Crippen molar-refractivity contribution >= 4 is 58.4 Å². The predicted molar refractivity (Wildman–Crippen MR) is 157 cm³/mol. The van der Waals surface area contributed by atoms with Gasteiger partial charge in [-0.1, -0.05) is 35.9 Å². The van der Waals surface area contributed by atoms with E-state index in [9.17, 15) is 24.5 Å². The molecule has 0 fully saturated rings. The molecule has 40 heavy (non-hydrogen) atoms. The number of hydrogen-bond donors (Lipinski definition) is 2. The van der Waals surface area contributed by atoms with Crippen LogP contribution in [0.15, 0.2) is 114 Å². The zero-order valence-electron chi connectivity index (χ0n) is 20.9. The standard InChI is InChI=1S/C30H22ClN3O5S/c31-23-13-11-21(12-14-23)28(35)19-40-26-8-4-7-24(18-26)32-30(37)27(33-29(36)22-5-2-1-3-6-22)17-20-9-15-25(16-10-20)34(38)39/h1-18H,19H2,(H,32,37)(H,33,36)/b27-17-. The summed E-state index contributed by atoms with van der Waals surface area (Å²) in [5.74, 6) is -0.957. The largest absolute Gasteiger partial charge is 0.321 e. The summed E-state index contributed by atoms with van der Waals surface area (Å²) in [7, 11) is 0. The van der Waals surface area contributed by atoms with Gasteiger partial charge in [0.15, 0.2) is 5.78 Å². The molecular weight excluding hydrogens is 550 g/mol. The Labute approximate surface area is 239 Å². The first-order valence-electron chi connectivity index (χ1n) is 11.9. The number of benzene rings is 4. The van der Waals surface area contributed by atoms with Gasteiger partial charge >= 0.3 is 0 Å². The molecule has 2 amide bonds. The fraction of sp³-hybridized carbons (Fsp3) is 0.0333. The Balaban J connectivity index is 1.50. The molecule has 4 rings (SSSR count). The highest BCUT2D eigenvalue weighted by atomic mass is 35.5. The van der Waals surface area contributed by atoms with Gasteiger partial charge in [-0.25, -0.2) is 0 Å². The van der Waals surface area contributed by atoms with Crippen molar-refractivity contribution in [3.05, 3.63) is 141 Å². The van der Waals surface area contributed by atoms with Crippen molar-refractivity contribution in [1.29, 1.82) is 0 Å². The second-order valence-corrected chi connectivity index (χ2v) is 9.91. The maximum atomic E-state index is 13.3. The van der Waals surface area contributed by atoms with Gasteiger partial charge in [0, 0.05) is 38.9 Å². The van der Waals surface area contributed by atoms with Crippen molar-refractivity contribution in [2.24, 2.45) is 0 Å². The van der Waals surface area contributed by atoms with Crippen LogP contribution in [0.3, 0.4) is 0 Å². The number of non-ortho nitro benzene ring substituents is 1. The van der Waals surface area contributed by atoms with Crippen molar-refractivity contribution in [1.82, 2.24) is 5.32 Å². The van der Waals surface area contributed by atoms with E-state index < -0.39 is 16.7 Å². The van der Waals surface area contributed by atoms with E-state index in [1.807, 2.05) is 6.07 Å². The summed E-state index contributed by atoms with van der Waals surface area (Å²) in [6, 6.07) is 27.6. The van der Waals surface area contributed by atoms with Crippen molar-refractivity contribution in [2.75, 3.05) is 11.1 Å². The lowest BCUT2D eigenvalue weighted by molar-refractivity contribution is -0.384. The summed E-state index contributed by atoms with van der Waals surface area (Å²) in [5, 5.41) is 16.9. The zero-order chi connectivity index (χ0) is 28.5. The lowest BCUT2D eigenvalue weighted by Gasteiger charge is -2.12. The van der Waals surface area contributed by atoms with E-state index in [4.69, 9.17) is 11.6 Å². The summed E-state index contributed by atoms with van der Waals surface area (Å²) < 4.78 is 0. The number of nitro benzene ring substituents is 1. The number of nitrogens with one attached hydrogen (secondary N) is 2. The van der Waals surface area contributed by atoms with Gasteiger partial charge in [-0.3, -0.25) is 24.5 Å². The number of ketones is 1. The predicted octanol–water partition coefficient (Wildman–Crippen LogP) is 6.63. The van der Waals surface area contributed by atoms with E-state index in [0.29, 0.717) is 27.4 Å². The minimum absolute atomic E-state index is 0.0568. The number of rotatable bonds is 10. The highest BCUT2D eigenvalue weighted by molar-refractivity contribution is 8.00.